The molecule has 144 heavy (non-hydrogen) atoms. The quantitative estimate of drug-likeness (QED) is 0.0615. The molecule has 0 radical (unpaired) electrons. The molecule has 12 aromatic rings. The van der Waals surface area contributed by atoms with Gasteiger partial charge in [0.05, 0.1) is 83.2 Å². The number of ether oxygens (including phenoxy) is 3. The van der Waals surface area contributed by atoms with E-state index >= 15 is 0 Å². The van der Waals surface area contributed by atoms with Gasteiger partial charge in [0.15, 0.2) is 46.0 Å². The lowest BCUT2D eigenvalue weighted by molar-refractivity contribution is -0.126. The van der Waals surface area contributed by atoms with Crippen LogP contribution >= 0.6 is 45.3 Å². The lowest BCUT2D eigenvalue weighted by Crippen LogP contribution is -2.52. The average Bonchev–Trinajstić information content (AvgIpc) is 1.63. The minimum absolute atomic E-state index is 0.0413. The van der Waals surface area contributed by atoms with Crippen LogP contribution in [0.25, 0.3) is 0 Å². The van der Waals surface area contributed by atoms with Gasteiger partial charge in [0.1, 0.15) is 60.0 Å². The molecule has 41 nitrogen and oxygen atoms in total. The number of carbonyl (C=O) groups is 5. The molecule has 0 atom stereocenters. The summed E-state index contributed by atoms with van der Waals surface area (Å²) in [6.45, 7) is 30.9. The number of hydrogen-bond donors (Lipinski definition) is 4. The highest BCUT2D eigenvalue weighted by Crippen LogP contribution is 2.48. The van der Waals surface area contributed by atoms with Crippen molar-refractivity contribution in [2.24, 2.45) is 0 Å². The maximum atomic E-state index is 13.0. The van der Waals surface area contributed by atoms with E-state index < -0.39 is 0 Å². The van der Waals surface area contributed by atoms with E-state index in [1.165, 1.54) is 87.9 Å². The van der Waals surface area contributed by atoms with E-state index in [0.717, 1.165) is 183 Å². The minimum atomic E-state index is -0.193. The molecule has 8 aromatic heterocycles. The number of rotatable bonds is 17. The van der Waals surface area contributed by atoms with Crippen LogP contribution in [0.2, 0.25) is 0 Å². The van der Waals surface area contributed by atoms with Crippen molar-refractivity contribution in [2.45, 2.75) is 53.5 Å². The first-order valence-corrected chi connectivity index (χ1v) is 50.9. The van der Waals surface area contributed by atoms with Crippen LogP contribution in [0.15, 0.2) is 110 Å². The van der Waals surface area contributed by atoms with Crippen LogP contribution in [0.5, 0.6) is 17.2 Å². The number of methoxy groups -OCH3 is 3. The third kappa shape index (κ3) is 20.6. The standard InChI is InChI=1S/C28H37N9O2S.C25H28N8O3S.C23H28N8O2S.C23H28N8OS/c1-18-30-24-26(38)34(3)22-17-29-28(32-25(22)35(4)27(24)40-18)31-19-6-7-21(23(16-19)39-5)37-10-8-20(9-11-37)36-14-12-33(2)13-15-36;1-6-20(34)33-11-9-32(10-12-33)16-7-8-17(19(13-16)36-5)28-25-26-14-18-22(29-25)31(4)24-21(23(35)30(18)3)27-15(2)37-24;1-14-25-19-21(32)29(3)17-13-24-23(27-20(17)30(4)22(19)34-14)26-16-7-6-15(12-18(16)33-5)31-10-8-28(2)9-11-31;1-14-12-16(31-10-8-28(3)9-11-31)6-7-17(14)26-23-24-13-18-20(27-23)30(5)22-19(21(32)29(18)4)25-15(2)33-22/h6-7,16-17,20H,8-15H2,1-5H3,(H,29,31,32);6-8,13-14H,1,9-12H2,2-5H3,(H,26,28,29);6-7,12-13H,8-11H2,1-5H3,(H,24,26,27);6-7,12-13H,8-11H2,1-5H3,(H,24,26,27). The lowest BCUT2D eigenvalue weighted by atomic mass is 10.0. The van der Waals surface area contributed by atoms with E-state index in [-0.39, 0.29) is 29.5 Å². The average molecular weight is 2030 g/mol. The fourth-order valence-corrected chi connectivity index (χ4v) is 22.3. The number of benzene rings is 4. The number of nitrogens with zero attached hydrogens (tertiary/aromatic N) is 29. The van der Waals surface area contributed by atoms with Crippen molar-refractivity contribution in [3.63, 3.8) is 0 Å². The summed E-state index contributed by atoms with van der Waals surface area (Å²) in [6.07, 6.45) is 10.4. The molecule has 0 unspecified atom stereocenters. The van der Waals surface area contributed by atoms with Crippen molar-refractivity contribution < 1.29 is 38.2 Å². The van der Waals surface area contributed by atoms with Gasteiger partial charge < -0.3 is 114 Å². The Labute approximate surface area is 853 Å². The van der Waals surface area contributed by atoms with Crippen molar-refractivity contribution in [2.75, 3.05) is 297 Å². The zero-order valence-corrected chi connectivity index (χ0v) is 87.9. The molecule has 0 spiro atoms. The molecule has 0 saturated carbocycles. The normalized spacial score (nSPS) is 16.8. The van der Waals surface area contributed by atoms with Crippen LogP contribution in [-0.4, -0.2) is 337 Å². The van der Waals surface area contributed by atoms with E-state index in [1.54, 1.807) is 93.9 Å². The Kier molecular flexibility index (Phi) is 29.3. The van der Waals surface area contributed by atoms with E-state index in [4.69, 9.17) is 34.1 Å². The SMILES string of the molecule is C=CC(=O)N1CCN(c2ccc(Nc3ncc4c(n3)N(C)c3sc(C)nc3C(=O)N4C)c(OC)c2)CC1.COc1cc(N2CCN(C)CC2)ccc1Nc1ncc2c(n1)N(C)c1sc(C)nc1C(=O)N2C.COc1cc(Nc2ncc3c(n2)N(C)c2sc(C)nc2C(=O)N3C)ccc1N1CCC(N2CCN(C)CC2)CC1.Cc1nc2c(s1)N(C)c1nc(Nc3ccc(N4CCN(C)CC4)cc3C)ncc1N(C)C2=O. The van der Waals surface area contributed by atoms with Crippen LogP contribution in [-0.2, 0) is 4.79 Å². The summed E-state index contributed by atoms with van der Waals surface area (Å²) in [5.41, 5.74) is 13.1. The van der Waals surface area contributed by atoms with E-state index in [0.29, 0.717) is 123 Å². The predicted molar refractivity (Wildman–Crippen MR) is 575 cm³/mol. The van der Waals surface area contributed by atoms with E-state index in [2.05, 4.69) is 165 Å². The van der Waals surface area contributed by atoms with Gasteiger partial charge in [-0.25, -0.2) is 39.9 Å². The van der Waals surface area contributed by atoms with Crippen LogP contribution in [0.1, 0.15) is 80.4 Å². The summed E-state index contributed by atoms with van der Waals surface area (Å²) in [5.74, 6) is 5.71. The first kappa shape index (κ1) is 99.8. The number of carbonyl (C=O) groups excluding carboxylic acids is 5. The zero-order valence-electron chi connectivity index (χ0n) is 84.6. The number of anilines is 24. The molecular formula is C99H121N33O8S4. The summed E-state index contributed by atoms with van der Waals surface area (Å²) < 4.78 is 17.2. The molecule has 0 aliphatic carbocycles. The Bertz CT molecular complexity index is 6830. The largest absolute Gasteiger partial charge is 0.495 e. The molecule has 5 fully saturated rings. The topological polar surface area (TPSA) is 371 Å². The fraction of sp³-hybridized carbons (Fsp3) is 0.404. The first-order valence-electron chi connectivity index (χ1n) is 47.7. The summed E-state index contributed by atoms with van der Waals surface area (Å²) in [6, 6.07) is 25.3. The molecule has 5 saturated heterocycles. The molecule has 754 valence electrons. The van der Waals surface area contributed by atoms with Gasteiger partial charge in [0.2, 0.25) is 29.7 Å². The number of aryl methyl sites for hydroxylation is 5. The number of piperidine rings is 1. The van der Waals surface area contributed by atoms with Gasteiger partial charge >= 0.3 is 0 Å². The van der Waals surface area contributed by atoms with E-state index in [9.17, 15) is 24.0 Å². The molecular weight excluding hydrogens is 1910 g/mol. The predicted octanol–water partition coefficient (Wildman–Crippen LogP) is 13.3. The summed E-state index contributed by atoms with van der Waals surface area (Å²) in [5, 5.41) is 19.7. The highest BCUT2D eigenvalue weighted by molar-refractivity contribution is 7.17. The third-order valence-electron chi connectivity index (χ3n) is 27.3. The number of likely N-dealkylation sites (N-methyl/N-ethyl adjacent to an activating group) is 3. The number of piperazine rings is 4. The molecule has 4 N–H and O–H groups in total. The Morgan fingerprint density at radius 1 is 0.347 bits per heavy atom. The second kappa shape index (κ2) is 42.3. The summed E-state index contributed by atoms with van der Waals surface area (Å²) in [7, 11) is 26.0. The van der Waals surface area contributed by atoms with Gasteiger partial charge in [-0.3, -0.25) is 28.9 Å². The van der Waals surface area contributed by atoms with Crippen LogP contribution in [0.4, 0.5) is 135 Å². The van der Waals surface area contributed by atoms with Gasteiger partial charge in [0, 0.05) is 227 Å². The molecule has 21 rings (SSSR count). The molecule has 17 heterocycles. The fourth-order valence-electron chi connectivity index (χ4n) is 18.8. The second-order valence-corrected chi connectivity index (χ2v) is 41.4. The van der Waals surface area contributed by atoms with Crippen LogP contribution in [0.3, 0.4) is 0 Å². The summed E-state index contributed by atoms with van der Waals surface area (Å²) >= 11 is 5.89. The molecule has 45 heteroatoms. The van der Waals surface area contributed by atoms with Crippen molar-refractivity contribution in [1.29, 1.82) is 0 Å². The molecule has 9 aliphatic heterocycles. The maximum Gasteiger partial charge on any atom is 0.279 e. The second-order valence-electron chi connectivity index (χ2n) is 36.7. The number of fused-ring (bicyclic) bond motifs is 8. The van der Waals surface area contributed by atoms with Gasteiger partial charge in [0.25, 0.3) is 23.6 Å². The zero-order chi connectivity index (χ0) is 101. The number of thiazole rings is 4. The van der Waals surface area contributed by atoms with E-state index in [1.807, 2.05) is 118 Å². The van der Waals surface area contributed by atoms with Gasteiger partial charge in [-0.15, -0.1) is 45.3 Å². The smallest absolute Gasteiger partial charge is 0.279 e. The van der Waals surface area contributed by atoms with Crippen molar-refractivity contribution in [1.82, 2.24) is 84.3 Å². The number of aromatic nitrogens is 12. The molecule has 0 bridgehead atoms. The van der Waals surface area contributed by atoms with Crippen molar-refractivity contribution >= 4 is 210 Å². The van der Waals surface area contributed by atoms with Crippen LogP contribution in [0, 0.1) is 34.6 Å². The van der Waals surface area contributed by atoms with Gasteiger partial charge in [-0.2, -0.15) is 19.9 Å². The van der Waals surface area contributed by atoms with Gasteiger partial charge in [-0.05, 0) is 135 Å². The first-order chi connectivity index (χ1) is 69.3. The van der Waals surface area contributed by atoms with Gasteiger partial charge in [-0.1, -0.05) is 6.58 Å². The number of amides is 5. The lowest BCUT2D eigenvalue weighted by Gasteiger charge is -2.42. The highest BCUT2D eigenvalue weighted by atomic mass is 32.1. The summed E-state index contributed by atoms with van der Waals surface area (Å²) in [4.78, 5) is 153. The van der Waals surface area contributed by atoms with Crippen molar-refractivity contribution in [3.05, 3.63) is 159 Å². The number of hydrogen-bond acceptors (Lipinski definition) is 40. The monoisotopic (exact) mass is 2030 g/mol. The highest BCUT2D eigenvalue weighted by Gasteiger charge is 2.39. The maximum absolute atomic E-state index is 13.0. The molecule has 4 aromatic carbocycles. The van der Waals surface area contributed by atoms with Crippen molar-refractivity contribution in [3.8, 4) is 17.2 Å². The minimum Gasteiger partial charge on any atom is -0.495 e. The number of nitrogens with one attached hydrogen (secondary N) is 4. The van der Waals surface area contributed by atoms with Crippen LogP contribution < -0.4 is 94.3 Å². The molecule has 5 amide bonds. The Balaban J connectivity index is 0.000000127. The Morgan fingerprint density at radius 3 is 1.01 bits per heavy atom. The molecule has 9 aliphatic rings. The third-order valence-corrected chi connectivity index (χ3v) is 31.5. The Morgan fingerprint density at radius 2 is 0.667 bits per heavy atom. The Hall–Kier alpha value is -14.4.